The van der Waals surface area contributed by atoms with E-state index in [0.29, 0.717) is 11.3 Å². The van der Waals surface area contributed by atoms with Gasteiger partial charge in [0.25, 0.3) is 5.91 Å². The van der Waals surface area contributed by atoms with Crippen molar-refractivity contribution in [1.29, 1.82) is 0 Å². The molecule has 8 heteroatoms. The SMILES string of the molecule is CC(C)Oc1ccc(C(=O)N2CCN(S(=O)(=O)c3cccc(F)c3)CC2)cc1. The van der Waals surface area contributed by atoms with Gasteiger partial charge in [-0.1, -0.05) is 6.07 Å². The third kappa shape index (κ3) is 4.51. The molecule has 2 aromatic carbocycles. The van der Waals surface area contributed by atoms with Crippen molar-refractivity contribution in [3.8, 4) is 5.75 Å². The summed E-state index contributed by atoms with van der Waals surface area (Å²) in [6.45, 7) is 4.74. The monoisotopic (exact) mass is 406 g/mol. The molecule has 0 spiro atoms. The van der Waals surface area contributed by atoms with E-state index in [1.54, 1.807) is 29.2 Å². The van der Waals surface area contributed by atoms with Crippen LogP contribution in [0, 0.1) is 5.82 Å². The molecule has 3 rings (SSSR count). The van der Waals surface area contributed by atoms with Crippen LogP contribution < -0.4 is 4.74 Å². The highest BCUT2D eigenvalue weighted by Gasteiger charge is 2.30. The standard InChI is InChI=1S/C20H23FN2O4S/c1-15(2)27-18-8-6-16(7-9-18)20(24)22-10-12-23(13-11-22)28(25,26)19-5-3-4-17(21)14-19/h3-9,14-15H,10-13H2,1-2H3. The Labute approximate surface area is 164 Å². The lowest BCUT2D eigenvalue weighted by Gasteiger charge is -2.34. The van der Waals surface area contributed by atoms with Gasteiger partial charge in [0.15, 0.2) is 0 Å². The van der Waals surface area contributed by atoms with Crippen molar-refractivity contribution in [1.82, 2.24) is 9.21 Å². The maximum absolute atomic E-state index is 13.4. The van der Waals surface area contributed by atoms with Crippen LogP contribution in [0.3, 0.4) is 0 Å². The van der Waals surface area contributed by atoms with E-state index in [1.165, 1.54) is 22.5 Å². The highest BCUT2D eigenvalue weighted by Crippen LogP contribution is 2.20. The second-order valence-corrected chi connectivity index (χ2v) is 8.78. The number of sulfonamides is 1. The summed E-state index contributed by atoms with van der Waals surface area (Å²) in [5, 5.41) is 0. The molecule has 0 unspecified atom stereocenters. The van der Waals surface area contributed by atoms with Gasteiger partial charge in [-0.3, -0.25) is 4.79 Å². The molecule has 28 heavy (non-hydrogen) atoms. The average Bonchev–Trinajstić information content (AvgIpc) is 2.68. The van der Waals surface area contributed by atoms with Gasteiger partial charge in [0.1, 0.15) is 11.6 Å². The molecule has 2 aromatic rings. The molecule has 1 heterocycles. The van der Waals surface area contributed by atoms with Crippen molar-refractivity contribution >= 4 is 15.9 Å². The number of amides is 1. The molecule has 0 N–H and O–H groups in total. The molecule has 1 saturated heterocycles. The van der Waals surface area contributed by atoms with Crippen molar-refractivity contribution in [3.63, 3.8) is 0 Å². The zero-order valence-electron chi connectivity index (χ0n) is 15.8. The van der Waals surface area contributed by atoms with Crippen LogP contribution in [-0.2, 0) is 10.0 Å². The average molecular weight is 406 g/mol. The van der Waals surface area contributed by atoms with Crippen LogP contribution in [-0.4, -0.2) is 55.8 Å². The third-order valence-corrected chi connectivity index (χ3v) is 6.33. The Bertz CT molecular complexity index is 937. The van der Waals surface area contributed by atoms with Gasteiger partial charge in [0.05, 0.1) is 11.0 Å². The molecule has 0 atom stereocenters. The summed E-state index contributed by atoms with van der Waals surface area (Å²) in [5.41, 5.74) is 0.526. The number of hydrogen-bond acceptors (Lipinski definition) is 4. The number of nitrogens with zero attached hydrogens (tertiary/aromatic N) is 2. The maximum atomic E-state index is 13.4. The van der Waals surface area contributed by atoms with E-state index in [-0.39, 0.29) is 43.1 Å². The van der Waals surface area contributed by atoms with E-state index in [0.717, 1.165) is 6.07 Å². The summed E-state index contributed by atoms with van der Waals surface area (Å²) in [6.07, 6.45) is 0.0506. The molecule has 0 bridgehead atoms. The number of carbonyl (C=O) groups excluding carboxylic acids is 1. The normalized spacial score (nSPS) is 15.6. The molecule has 1 aliphatic rings. The fraction of sp³-hybridized carbons (Fsp3) is 0.350. The van der Waals surface area contributed by atoms with Crippen LogP contribution in [0.4, 0.5) is 4.39 Å². The number of halogens is 1. The fourth-order valence-electron chi connectivity index (χ4n) is 3.04. The number of piperazine rings is 1. The van der Waals surface area contributed by atoms with E-state index >= 15 is 0 Å². The Balaban J connectivity index is 1.64. The first-order chi connectivity index (χ1) is 13.3. The summed E-state index contributed by atoms with van der Waals surface area (Å²) in [7, 11) is -3.78. The van der Waals surface area contributed by atoms with E-state index in [1.807, 2.05) is 13.8 Å². The molecule has 0 aliphatic carbocycles. The van der Waals surface area contributed by atoms with Crippen LogP contribution in [0.1, 0.15) is 24.2 Å². The van der Waals surface area contributed by atoms with Crippen molar-refractivity contribution in [2.24, 2.45) is 0 Å². The van der Waals surface area contributed by atoms with Crippen LogP contribution in [0.25, 0.3) is 0 Å². The summed E-state index contributed by atoms with van der Waals surface area (Å²) in [5.74, 6) is -0.0590. The number of rotatable bonds is 5. The Morgan fingerprint density at radius 3 is 2.25 bits per heavy atom. The number of benzene rings is 2. The zero-order valence-corrected chi connectivity index (χ0v) is 16.7. The Morgan fingerprint density at radius 2 is 1.68 bits per heavy atom. The van der Waals surface area contributed by atoms with Crippen molar-refractivity contribution in [3.05, 3.63) is 59.9 Å². The first-order valence-corrected chi connectivity index (χ1v) is 10.5. The van der Waals surface area contributed by atoms with Gasteiger partial charge in [-0.05, 0) is 56.3 Å². The second kappa shape index (κ2) is 8.28. The van der Waals surface area contributed by atoms with Crippen molar-refractivity contribution in [2.75, 3.05) is 26.2 Å². The lowest BCUT2D eigenvalue weighted by Crippen LogP contribution is -2.50. The smallest absolute Gasteiger partial charge is 0.253 e. The van der Waals surface area contributed by atoms with Gasteiger partial charge in [0.2, 0.25) is 10.0 Å². The third-order valence-electron chi connectivity index (χ3n) is 4.43. The lowest BCUT2D eigenvalue weighted by molar-refractivity contribution is 0.0698. The highest BCUT2D eigenvalue weighted by molar-refractivity contribution is 7.89. The van der Waals surface area contributed by atoms with E-state index in [9.17, 15) is 17.6 Å². The van der Waals surface area contributed by atoms with Crippen LogP contribution in [0.5, 0.6) is 5.75 Å². The molecule has 1 amide bonds. The van der Waals surface area contributed by atoms with Gasteiger partial charge in [-0.25, -0.2) is 12.8 Å². The van der Waals surface area contributed by atoms with Gasteiger partial charge >= 0.3 is 0 Å². The molecule has 150 valence electrons. The summed E-state index contributed by atoms with van der Waals surface area (Å²) in [6, 6.07) is 11.9. The molecule has 0 saturated carbocycles. The number of carbonyl (C=O) groups is 1. The lowest BCUT2D eigenvalue weighted by atomic mass is 10.2. The van der Waals surface area contributed by atoms with E-state index in [4.69, 9.17) is 4.74 Å². The summed E-state index contributed by atoms with van der Waals surface area (Å²) < 4.78 is 45.5. The maximum Gasteiger partial charge on any atom is 0.253 e. The quantitative estimate of drug-likeness (QED) is 0.766. The van der Waals surface area contributed by atoms with Crippen molar-refractivity contribution < 1.29 is 22.3 Å². The van der Waals surface area contributed by atoms with Crippen molar-refractivity contribution in [2.45, 2.75) is 24.8 Å². The molecular formula is C20H23FN2O4S. The fourth-order valence-corrected chi connectivity index (χ4v) is 4.49. The van der Waals surface area contributed by atoms with Gasteiger partial charge < -0.3 is 9.64 Å². The predicted molar refractivity (Wildman–Crippen MR) is 103 cm³/mol. The van der Waals surface area contributed by atoms with Gasteiger partial charge in [-0.15, -0.1) is 0 Å². The van der Waals surface area contributed by atoms with Gasteiger partial charge in [-0.2, -0.15) is 4.31 Å². The Morgan fingerprint density at radius 1 is 1.04 bits per heavy atom. The molecular weight excluding hydrogens is 383 g/mol. The van der Waals surface area contributed by atoms with Crippen LogP contribution >= 0.6 is 0 Å². The first kappa shape index (κ1) is 20.3. The molecule has 6 nitrogen and oxygen atoms in total. The van der Waals surface area contributed by atoms with E-state index < -0.39 is 15.8 Å². The largest absolute Gasteiger partial charge is 0.491 e. The minimum atomic E-state index is -3.78. The molecule has 1 aliphatic heterocycles. The highest BCUT2D eigenvalue weighted by atomic mass is 32.2. The predicted octanol–water partition coefficient (Wildman–Crippen LogP) is 2.76. The van der Waals surface area contributed by atoms with Crippen LogP contribution in [0.2, 0.25) is 0 Å². The molecule has 0 aromatic heterocycles. The Hall–Kier alpha value is -2.45. The minimum absolute atomic E-state index is 0.0506. The first-order valence-electron chi connectivity index (χ1n) is 9.09. The Kier molecular flexibility index (Phi) is 6.00. The van der Waals surface area contributed by atoms with Crippen LogP contribution in [0.15, 0.2) is 53.4 Å². The summed E-state index contributed by atoms with van der Waals surface area (Å²) >= 11 is 0. The zero-order chi connectivity index (χ0) is 20.3. The van der Waals surface area contributed by atoms with E-state index in [2.05, 4.69) is 0 Å². The minimum Gasteiger partial charge on any atom is -0.491 e. The second-order valence-electron chi connectivity index (χ2n) is 6.84. The number of hydrogen-bond donors (Lipinski definition) is 0. The van der Waals surface area contributed by atoms with Gasteiger partial charge in [0, 0.05) is 31.7 Å². The molecule has 0 radical (unpaired) electrons. The topological polar surface area (TPSA) is 66.9 Å². The summed E-state index contributed by atoms with van der Waals surface area (Å²) in [4.78, 5) is 14.2. The number of ether oxygens (including phenoxy) is 1. The molecule has 1 fully saturated rings.